The number of halogens is 3. The van der Waals surface area contributed by atoms with E-state index in [2.05, 4.69) is 10.3 Å². The van der Waals surface area contributed by atoms with Crippen molar-refractivity contribution >= 4 is 40.4 Å². The number of carbonyl (C=O) groups excluding carboxylic acids is 1. The first kappa shape index (κ1) is 22.0. The molecule has 1 N–H and O–H groups in total. The van der Waals surface area contributed by atoms with E-state index in [1.807, 2.05) is 0 Å². The molecule has 0 radical (unpaired) electrons. The maximum absolute atomic E-state index is 14.7. The number of ether oxygens (including phenoxy) is 2. The molecule has 1 saturated heterocycles. The van der Waals surface area contributed by atoms with Crippen LogP contribution in [0, 0.1) is 5.82 Å². The van der Waals surface area contributed by atoms with Crippen LogP contribution >= 0.6 is 34.5 Å². The molecule has 0 bridgehead atoms. The Kier molecular flexibility index (Phi) is 7.07. The van der Waals surface area contributed by atoms with Crippen LogP contribution < -0.4 is 10.1 Å². The molecular weight excluding hydrogens is 462 g/mol. The van der Waals surface area contributed by atoms with Crippen molar-refractivity contribution in [3.63, 3.8) is 0 Å². The van der Waals surface area contributed by atoms with E-state index in [1.165, 1.54) is 17.4 Å². The van der Waals surface area contributed by atoms with Gasteiger partial charge in [0.15, 0.2) is 0 Å². The fraction of sp³-hybridized carbons (Fsp3) is 0.273. The molecule has 1 aromatic heterocycles. The molecule has 1 atom stereocenters. The van der Waals surface area contributed by atoms with Crippen LogP contribution in [0.3, 0.4) is 0 Å². The summed E-state index contributed by atoms with van der Waals surface area (Å²) in [4.78, 5) is 16.6. The first-order valence-electron chi connectivity index (χ1n) is 9.71. The summed E-state index contributed by atoms with van der Waals surface area (Å²) in [7, 11) is 0. The fourth-order valence-electron chi connectivity index (χ4n) is 3.16. The molecule has 5 nitrogen and oxygen atoms in total. The van der Waals surface area contributed by atoms with Gasteiger partial charge >= 0.3 is 0 Å². The molecule has 31 heavy (non-hydrogen) atoms. The van der Waals surface area contributed by atoms with Gasteiger partial charge < -0.3 is 14.8 Å². The smallest absolute Gasteiger partial charge is 0.270 e. The molecule has 9 heteroatoms. The monoisotopic (exact) mass is 480 g/mol. The van der Waals surface area contributed by atoms with Crippen molar-refractivity contribution in [2.24, 2.45) is 0 Å². The number of carbonyl (C=O) groups is 1. The summed E-state index contributed by atoms with van der Waals surface area (Å²) in [5.74, 6) is -0.420. The van der Waals surface area contributed by atoms with Gasteiger partial charge in [-0.1, -0.05) is 29.3 Å². The topological polar surface area (TPSA) is 60.5 Å². The maximum Gasteiger partial charge on any atom is 0.270 e. The zero-order chi connectivity index (χ0) is 21.8. The van der Waals surface area contributed by atoms with Crippen molar-refractivity contribution in [2.45, 2.75) is 25.6 Å². The molecular formula is C22H19Cl2FN2O3S. The minimum absolute atomic E-state index is 0.0507. The van der Waals surface area contributed by atoms with E-state index in [0.29, 0.717) is 32.9 Å². The van der Waals surface area contributed by atoms with Gasteiger partial charge in [-0.15, -0.1) is 11.3 Å². The molecule has 162 valence electrons. The lowest BCUT2D eigenvalue weighted by Gasteiger charge is -2.10. The SMILES string of the molecule is O=C(NCC1CCCO1)c1csc(-c2ccc(OCc3ccc(Cl)cc3Cl)cc2F)n1. The molecule has 0 spiro atoms. The summed E-state index contributed by atoms with van der Waals surface area (Å²) in [5.41, 5.74) is 1.31. The van der Waals surface area contributed by atoms with Crippen molar-refractivity contribution in [2.75, 3.05) is 13.2 Å². The molecule has 3 aromatic rings. The Hall–Kier alpha value is -2.19. The Morgan fingerprint density at radius 3 is 2.90 bits per heavy atom. The Morgan fingerprint density at radius 2 is 2.16 bits per heavy atom. The predicted molar refractivity (Wildman–Crippen MR) is 120 cm³/mol. The van der Waals surface area contributed by atoms with Crippen LogP contribution in [0.15, 0.2) is 41.8 Å². The average molecular weight is 481 g/mol. The Morgan fingerprint density at radius 1 is 1.29 bits per heavy atom. The van der Waals surface area contributed by atoms with Gasteiger partial charge in [0.25, 0.3) is 5.91 Å². The number of thiazole rings is 1. The Labute approximate surface area is 193 Å². The summed E-state index contributed by atoms with van der Waals surface area (Å²) >= 11 is 13.2. The summed E-state index contributed by atoms with van der Waals surface area (Å²) in [6.07, 6.45) is 1.99. The third-order valence-corrected chi connectivity index (χ3v) is 6.29. The van der Waals surface area contributed by atoms with Crippen molar-refractivity contribution in [3.05, 3.63) is 68.9 Å². The highest BCUT2D eigenvalue weighted by molar-refractivity contribution is 7.13. The summed E-state index contributed by atoms with van der Waals surface area (Å²) in [6, 6.07) is 9.63. The highest BCUT2D eigenvalue weighted by Crippen LogP contribution is 2.30. The molecule has 4 rings (SSSR count). The lowest BCUT2D eigenvalue weighted by Crippen LogP contribution is -2.31. The van der Waals surface area contributed by atoms with Gasteiger partial charge in [-0.05, 0) is 37.1 Å². The molecule has 0 saturated carbocycles. The zero-order valence-corrected chi connectivity index (χ0v) is 18.7. The number of hydrogen-bond acceptors (Lipinski definition) is 5. The summed E-state index contributed by atoms with van der Waals surface area (Å²) in [5, 5.41) is 5.88. The summed E-state index contributed by atoms with van der Waals surface area (Å²) < 4.78 is 25.8. The largest absolute Gasteiger partial charge is 0.489 e. The second kappa shape index (κ2) is 9.96. The van der Waals surface area contributed by atoms with Crippen molar-refractivity contribution in [3.8, 4) is 16.3 Å². The molecule has 1 unspecified atom stereocenters. The van der Waals surface area contributed by atoms with Crippen LogP contribution in [0.4, 0.5) is 4.39 Å². The van der Waals surface area contributed by atoms with E-state index in [0.717, 1.165) is 25.0 Å². The van der Waals surface area contributed by atoms with Gasteiger partial charge in [-0.2, -0.15) is 0 Å². The number of amides is 1. The fourth-order valence-corrected chi connectivity index (χ4v) is 4.45. The van der Waals surface area contributed by atoms with E-state index in [-0.39, 0.29) is 24.3 Å². The summed E-state index contributed by atoms with van der Waals surface area (Å²) in [6.45, 7) is 1.36. The Balaban J connectivity index is 1.39. The molecule has 1 fully saturated rings. The average Bonchev–Trinajstić information content (AvgIpc) is 3.44. The third-order valence-electron chi connectivity index (χ3n) is 4.83. The number of hydrogen-bond donors (Lipinski definition) is 1. The van der Waals surface area contributed by atoms with E-state index >= 15 is 0 Å². The first-order valence-corrected chi connectivity index (χ1v) is 11.3. The molecule has 2 aromatic carbocycles. The van der Waals surface area contributed by atoms with E-state index in [1.54, 1.807) is 35.7 Å². The number of rotatable bonds is 7. The van der Waals surface area contributed by atoms with Gasteiger partial charge in [0.1, 0.15) is 28.9 Å². The molecule has 1 amide bonds. The normalized spacial score (nSPS) is 15.8. The van der Waals surface area contributed by atoms with Gasteiger partial charge in [-0.3, -0.25) is 4.79 Å². The predicted octanol–water partition coefficient (Wildman–Crippen LogP) is 5.74. The van der Waals surface area contributed by atoms with Crippen molar-refractivity contribution in [1.82, 2.24) is 10.3 Å². The zero-order valence-electron chi connectivity index (χ0n) is 16.4. The van der Waals surface area contributed by atoms with Gasteiger partial charge in [-0.25, -0.2) is 9.37 Å². The van der Waals surface area contributed by atoms with E-state index in [4.69, 9.17) is 32.7 Å². The standard InChI is InChI=1S/C22H19Cl2FN2O3S/c23-14-4-3-13(18(24)8-14)11-30-15-5-6-17(19(25)9-15)22-27-20(12-31-22)21(28)26-10-16-2-1-7-29-16/h3-6,8-9,12,16H,1-2,7,10-11H2,(H,26,28). The van der Waals surface area contributed by atoms with Crippen molar-refractivity contribution < 1.29 is 18.7 Å². The van der Waals surface area contributed by atoms with Crippen LogP contribution in [0.1, 0.15) is 28.9 Å². The lowest BCUT2D eigenvalue weighted by molar-refractivity contribution is 0.0854. The van der Waals surface area contributed by atoms with Crippen LogP contribution in [0.5, 0.6) is 5.75 Å². The lowest BCUT2D eigenvalue weighted by atomic mass is 10.2. The highest BCUT2D eigenvalue weighted by Gasteiger charge is 2.19. The second-order valence-electron chi connectivity index (χ2n) is 7.05. The molecule has 1 aliphatic rings. The first-order chi connectivity index (χ1) is 15.0. The second-order valence-corrected chi connectivity index (χ2v) is 8.75. The maximum atomic E-state index is 14.7. The van der Waals surface area contributed by atoms with Crippen LogP contribution in [-0.2, 0) is 11.3 Å². The van der Waals surface area contributed by atoms with Gasteiger partial charge in [0, 0.05) is 45.8 Å². The Bertz CT molecular complexity index is 1090. The molecule has 2 heterocycles. The van der Waals surface area contributed by atoms with E-state index < -0.39 is 5.82 Å². The van der Waals surface area contributed by atoms with Crippen molar-refractivity contribution in [1.29, 1.82) is 0 Å². The number of benzene rings is 2. The van der Waals surface area contributed by atoms with Crippen LogP contribution in [0.2, 0.25) is 10.0 Å². The third kappa shape index (κ3) is 5.54. The molecule has 1 aliphatic heterocycles. The highest BCUT2D eigenvalue weighted by atomic mass is 35.5. The number of aromatic nitrogens is 1. The van der Waals surface area contributed by atoms with E-state index in [9.17, 15) is 9.18 Å². The quantitative estimate of drug-likeness (QED) is 0.467. The number of nitrogens with zero attached hydrogens (tertiary/aromatic N) is 1. The number of nitrogens with one attached hydrogen (secondary N) is 1. The molecule has 0 aliphatic carbocycles. The minimum Gasteiger partial charge on any atom is -0.489 e. The van der Waals surface area contributed by atoms with Crippen LogP contribution in [-0.4, -0.2) is 30.1 Å². The van der Waals surface area contributed by atoms with Gasteiger partial charge in [0.05, 0.1) is 6.10 Å². The van der Waals surface area contributed by atoms with Crippen LogP contribution in [0.25, 0.3) is 10.6 Å². The van der Waals surface area contributed by atoms with Gasteiger partial charge in [0.2, 0.25) is 0 Å². The minimum atomic E-state index is -0.486.